The van der Waals surface area contributed by atoms with Gasteiger partial charge in [0.2, 0.25) is 0 Å². The zero-order valence-electron chi connectivity index (χ0n) is 12.5. The fourth-order valence-corrected chi connectivity index (χ4v) is 4.96. The van der Waals surface area contributed by atoms with E-state index in [1.54, 1.807) is 5.51 Å². The fraction of sp³-hybridized carbons (Fsp3) is 0.750. The largest absolute Gasteiger partial charge is 0.337 e. The Morgan fingerprint density at radius 1 is 1.33 bits per heavy atom. The molecule has 2 aliphatic heterocycles. The minimum atomic E-state index is 0.127. The van der Waals surface area contributed by atoms with E-state index >= 15 is 0 Å². The topological polar surface area (TPSA) is 36.4 Å². The van der Waals surface area contributed by atoms with Crippen LogP contribution in [-0.4, -0.2) is 53.4 Å². The summed E-state index contributed by atoms with van der Waals surface area (Å²) in [6.07, 6.45) is 6.89. The molecule has 3 fully saturated rings. The number of nitrogens with zero attached hydrogens (tertiary/aromatic N) is 3. The summed E-state index contributed by atoms with van der Waals surface area (Å²) in [4.78, 5) is 21.1. The first-order valence-corrected chi connectivity index (χ1v) is 9.08. The second-order valence-corrected chi connectivity index (χ2v) is 7.89. The van der Waals surface area contributed by atoms with Crippen molar-refractivity contribution in [1.82, 2.24) is 14.8 Å². The quantitative estimate of drug-likeness (QED) is 0.861. The molecule has 4 nitrogen and oxygen atoms in total. The molecule has 1 aliphatic carbocycles. The number of hydrogen-bond donors (Lipinski definition) is 0. The molecule has 21 heavy (non-hydrogen) atoms. The van der Waals surface area contributed by atoms with Crippen LogP contribution in [0.25, 0.3) is 0 Å². The lowest BCUT2D eigenvalue weighted by Gasteiger charge is -2.49. The summed E-state index contributed by atoms with van der Waals surface area (Å²) in [5.74, 6) is 1.07. The molecule has 114 valence electrons. The first-order chi connectivity index (χ1) is 10.2. The summed E-state index contributed by atoms with van der Waals surface area (Å²) in [6, 6.07) is 0. The van der Waals surface area contributed by atoms with E-state index in [0.717, 1.165) is 19.0 Å². The molecule has 1 saturated carbocycles. The Morgan fingerprint density at radius 3 is 2.86 bits per heavy atom. The van der Waals surface area contributed by atoms with Crippen LogP contribution in [0, 0.1) is 11.3 Å². The molecule has 0 unspecified atom stereocenters. The third-order valence-electron chi connectivity index (χ3n) is 5.49. The number of carbonyl (C=O) groups excluding carboxylic acids is 1. The normalized spacial score (nSPS) is 25.6. The van der Waals surface area contributed by atoms with Crippen LogP contribution in [0.2, 0.25) is 0 Å². The zero-order valence-corrected chi connectivity index (χ0v) is 13.3. The van der Waals surface area contributed by atoms with Gasteiger partial charge >= 0.3 is 0 Å². The maximum Gasteiger partial charge on any atom is 0.273 e. The van der Waals surface area contributed by atoms with Gasteiger partial charge in [-0.25, -0.2) is 4.98 Å². The summed E-state index contributed by atoms with van der Waals surface area (Å²) < 4.78 is 0. The fourth-order valence-electron chi connectivity index (χ4n) is 4.44. The lowest BCUT2D eigenvalue weighted by atomic mass is 9.78. The Labute approximate surface area is 130 Å². The number of aromatic nitrogens is 1. The molecule has 1 aromatic rings. The number of hydrogen-bond acceptors (Lipinski definition) is 4. The van der Waals surface area contributed by atoms with Gasteiger partial charge in [-0.1, -0.05) is 12.8 Å². The first kappa shape index (κ1) is 13.7. The number of likely N-dealkylation sites (tertiary alicyclic amines) is 2. The van der Waals surface area contributed by atoms with Gasteiger partial charge in [0.1, 0.15) is 5.69 Å². The molecular formula is C16H23N3OS. The van der Waals surface area contributed by atoms with Crippen LogP contribution in [0.4, 0.5) is 0 Å². The zero-order chi connectivity index (χ0) is 14.3. The van der Waals surface area contributed by atoms with Gasteiger partial charge in [0.15, 0.2) is 0 Å². The Kier molecular flexibility index (Phi) is 3.50. The van der Waals surface area contributed by atoms with E-state index in [9.17, 15) is 4.79 Å². The summed E-state index contributed by atoms with van der Waals surface area (Å²) in [5.41, 5.74) is 2.76. The molecule has 0 atom stereocenters. The van der Waals surface area contributed by atoms with Crippen LogP contribution in [0.1, 0.15) is 42.6 Å². The summed E-state index contributed by atoms with van der Waals surface area (Å²) in [7, 11) is 0. The predicted molar refractivity (Wildman–Crippen MR) is 83.5 cm³/mol. The van der Waals surface area contributed by atoms with Crippen molar-refractivity contribution < 1.29 is 4.79 Å². The maximum atomic E-state index is 12.4. The highest BCUT2D eigenvalue weighted by Crippen LogP contribution is 2.41. The molecule has 2 saturated heterocycles. The van der Waals surface area contributed by atoms with Crippen molar-refractivity contribution in [2.45, 2.75) is 32.1 Å². The Balaban J connectivity index is 1.30. The van der Waals surface area contributed by atoms with E-state index in [2.05, 4.69) is 9.88 Å². The second-order valence-electron chi connectivity index (χ2n) is 7.17. The molecule has 5 heteroatoms. The summed E-state index contributed by atoms with van der Waals surface area (Å²) in [6.45, 7) is 5.54. The van der Waals surface area contributed by atoms with Crippen LogP contribution in [0.5, 0.6) is 0 Å². The van der Waals surface area contributed by atoms with E-state index in [1.165, 1.54) is 63.1 Å². The van der Waals surface area contributed by atoms with Crippen molar-refractivity contribution in [1.29, 1.82) is 0 Å². The summed E-state index contributed by atoms with van der Waals surface area (Å²) in [5, 5.41) is 1.86. The Hall–Kier alpha value is -0.940. The van der Waals surface area contributed by atoms with Crippen LogP contribution in [0.15, 0.2) is 10.9 Å². The average Bonchev–Trinajstić information content (AvgIpc) is 3.19. The highest BCUT2D eigenvalue weighted by molar-refractivity contribution is 7.07. The van der Waals surface area contributed by atoms with Crippen LogP contribution >= 0.6 is 11.3 Å². The molecule has 0 bridgehead atoms. The van der Waals surface area contributed by atoms with Crippen molar-refractivity contribution in [2.24, 2.45) is 11.3 Å². The molecule has 4 rings (SSSR count). The lowest BCUT2D eigenvalue weighted by molar-refractivity contribution is -0.00133. The van der Waals surface area contributed by atoms with Gasteiger partial charge in [-0.05, 0) is 25.2 Å². The van der Waals surface area contributed by atoms with Crippen LogP contribution in [0.3, 0.4) is 0 Å². The first-order valence-electron chi connectivity index (χ1n) is 8.14. The van der Waals surface area contributed by atoms with E-state index < -0.39 is 0 Å². The van der Waals surface area contributed by atoms with Gasteiger partial charge < -0.3 is 9.80 Å². The van der Waals surface area contributed by atoms with Gasteiger partial charge in [-0.3, -0.25) is 4.79 Å². The Morgan fingerprint density at radius 2 is 2.14 bits per heavy atom. The minimum Gasteiger partial charge on any atom is -0.337 e. The van der Waals surface area contributed by atoms with Crippen molar-refractivity contribution in [3.8, 4) is 0 Å². The molecule has 1 amide bonds. The lowest BCUT2D eigenvalue weighted by Crippen LogP contribution is -2.58. The molecule has 3 heterocycles. The molecule has 1 aromatic heterocycles. The van der Waals surface area contributed by atoms with Crippen LogP contribution in [-0.2, 0) is 0 Å². The van der Waals surface area contributed by atoms with Crippen molar-refractivity contribution in [3.05, 3.63) is 16.6 Å². The second kappa shape index (κ2) is 5.36. The SMILES string of the molecule is O=C(c1cscn1)N1CCC2(CN(CC3CCCC3)C2)C1. The van der Waals surface area contributed by atoms with Gasteiger partial charge in [0.05, 0.1) is 5.51 Å². The van der Waals surface area contributed by atoms with Gasteiger partial charge in [0, 0.05) is 43.5 Å². The summed E-state index contributed by atoms with van der Waals surface area (Å²) >= 11 is 1.50. The molecular weight excluding hydrogens is 282 g/mol. The van der Waals surface area contributed by atoms with Crippen molar-refractivity contribution in [2.75, 3.05) is 32.7 Å². The highest BCUT2D eigenvalue weighted by atomic mass is 32.1. The van der Waals surface area contributed by atoms with E-state index in [-0.39, 0.29) is 5.91 Å². The molecule has 0 radical (unpaired) electrons. The molecule has 3 aliphatic rings. The molecule has 0 aromatic carbocycles. The molecule has 1 spiro atoms. The number of thiazole rings is 1. The predicted octanol–water partition coefficient (Wildman–Crippen LogP) is 2.48. The Bertz CT molecular complexity index is 504. The third kappa shape index (κ3) is 2.61. The van der Waals surface area contributed by atoms with Crippen LogP contribution < -0.4 is 0 Å². The number of carbonyl (C=O) groups is 1. The standard InChI is InChI=1S/C16H23N3OS/c20-15(14-8-21-12-17-14)19-6-5-16(11-19)9-18(10-16)7-13-3-1-2-4-13/h8,12-13H,1-7,9-11H2. The van der Waals surface area contributed by atoms with Gasteiger partial charge in [0.25, 0.3) is 5.91 Å². The molecule has 0 N–H and O–H groups in total. The van der Waals surface area contributed by atoms with Crippen molar-refractivity contribution >= 4 is 17.2 Å². The average molecular weight is 305 g/mol. The maximum absolute atomic E-state index is 12.4. The van der Waals surface area contributed by atoms with E-state index in [1.807, 2.05) is 10.3 Å². The van der Waals surface area contributed by atoms with Crippen molar-refractivity contribution in [3.63, 3.8) is 0 Å². The smallest absolute Gasteiger partial charge is 0.273 e. The van der Waals surface area contributed by atoms with E-state index in [4.69, 9.17) is 0 Å². The van der Waals surface area contributed by atoms with Gasteiger partial charge in [-0.15, -0.1) is 11.3 Å². The minimum absolute atomic E-state index is 0.127. The number of amides is 1. The number of rotatable bonds is 3. The van der Waals surface area contributed by atoms with E-state index in [0.29, 0.717) is 11.1 Å². The third-order valence-corrected chi connectivity index (χ3v) is 6.07. The highest BCUT2D eigenvalue weighted by Gasteiger charge is 2.49. The van der Waals surface area contributed by atoms with Gasteiger partial charge in [-0.2, -0.15) is 0 Å². The monoisotopic (exact) mass is 305 g/mol.